The highest BCUT2D eigenvalue weighted by atomic mass is 32.2. The Hall–Kier alpha value is -1.03. The Labute approximate surface area is 93.2 Å². The fourth-order valence-corrected chi connectivity index (χ4v) is 2.09. The monoisotopic (exact) mass is 226 g/mol. The maximum Gasteiger partial charge on any atom is 0.304 e. The van der Waals surface area contributed by atoms with Crippen LogP contribution in [0.5, 0.6) is 0 Å². The second kappa shape index (κ2) is 6.45. The minimum absolute atomic E-state index is 0.122. The molecule has 0 aromatic carbocycles. The lowest BCUT2D eigenvalue weighted by Gasteiger charge is -2.06. The fraction of sp³-hybridized carbons (Fsp3) is 0.455. The van der Waals surface area contributed by atoms with E-state index >= 15 is 0 Å². The minimum Gasteiger partial charge on any atom is -0.481 e. The topological polar surface area (TPSA) is 54.4 Å². The van der Waals surface area contributed by atoms with Crippen molar-refractivity contribution in [3.63, 3.8) is 0 Å². The molecule has 82 valence electrons. The maximum atomic E-state index is 11.6. The van der Waals surface area contributed by atoms with Crippen molar-refractivity contribution < 1.29 is 14.7 Å². The van der Waals surface area contributed by atoms with Crippen molar-refractivity contribution >= 4 is 23.5 Å². The van der Waals surface area contributed by atoms with E-state index in [4.69, 9.17) is 5.11 Å². The van der Waals surface area contributed by atoms with Gasteiger partial charge in [0.2, 0.25) is 0 Å². The van der Waals surface area contributed by atoms with Crippen LogP contribution in [-0.4, -0.2) is 28.4 Å². The molecular formula is C11H14O3S. The summed E-state index contributed by atoms with van der Waals surface area (Å²) in [6.07, 6.45) is 7.65. The van der Waals surface area contributed by atoms with Gasteiger partial charge >= 0.3 is 5.97 Å². The summed E-state index contributed by atoms with van der Waals surface area (Å²) in [7, 11) is 0. The molecule has 0 unspecified atom stereocenters. The van der Waals surface area contributed by atoms with Crippen LogP contribution in [0.4, 0.5) is 0 Å². The van der Waals surface area contributed by atoms with Gasteiger partial charge in [-0.15, -0.1) is 0 Å². The van der Waals surface area contributed by atoms with E-state index in [2.05, 4.69) is 0 Å². The highest BCUT2D eigenvalue weighted by molar-refractivity contribution is 8.00. The molecule has 0 heterocycles. The molecule has 0 aromatic heterocycles. The number of Topliss-reactive ketones (excluding diaryl/α,β-unsaturated/α-hetero) is 1. The molecular weight excluding hydrogens is 212 g/mol. The molecule has 0 aromatic rings. The van der Waals surface area contributed by atoms with Crippen LogP contribution in [0, 0.1) is 0 Å². The lowest BCUT2D eigenvalue weighted by atomic mass is 10.0. The molecule has 0 saturated carbocycles. The van der Waals surface area contributed by atoms with Gasteiger partial charge in [-0.2, -0.15) is 11.8 Å². The zero-order valence-corrected chi connectivity index (χ0v) is 9.26. The molecule has 3 nitrogen and oxygen atoms in total. The Balaban J connectivity index is 2.21. The molecule has 0 spiro atoms. The van der Waals surface area contributed by atoms with Crippen molar-refractivity contribution in [2.45, 2.75) is 19.3 Å². The van der Waals surface area contributed by atoms with Crippen molar-refractivity contribution in [3.8, 4) is 0 Å². The lowest BCUT2D eigenvalue weighted by molar-refractivity contribution is -0.136. The smallest absolute Gasteiger partial charge is 0.304 e. The van der Waals surface area contributed by atoms with Gasteiger partial charge in [-0.3, -0.25) is 9.59 Å². The molecule has 1 rings (SSSR count). The summed E-state index contributed by atoms with van der Waals surface area (Å²) >= 11 is 1.39. The number of aliphatic carboxylic acids is 1. The summed E-state index contributed by atoms with van der Waals surface area (Å²) < 4.78 is 0. The van der Waals surface area contributed by atoms with Gasteiger partial charge in [0, 0.05) is 5.75 Å². The van der Waals surface area contributed by atoms with E-state index in [0.717, 1.165) is 18.4 Å². The number of allylic oxidation sites excluding steroid dienone is 4. The first-order valence-electron chi connectivity index (χ1n) is 4.88. The largest absolute Gasteiger partial charge is 0.481 e. The molecule has 1 aliphatic carbocycles. The lowest BCUT2D eigenvalue weighted by Crippen LogP contribution is -2.08. The number of carbonyl (C=O) groups is 2. The zero-order chi connectivity index (χ0) is 11.1. The molecule has 0 radical (unpaired) electrons. The third kappa shape index (κ3) is 4.83. The molecule has 0 bridgehead atoms. The van der Waals surface area contributed by atoms with Crippen LogP contribution in [0.3, 0.4) is 0 Å². The molecule has 4 heteroatoms. The van der Waals surface area contributed by atoms with E-state index < -0.39 is 5.97 Å². The van der Waals surface area contributed by atoms with Gasteiger partial charge in [0.15, 0.2) is 5.78 Å². The predicted octanol–water partition coefficient (Wildman–Crippen LogP) is 2.04. The van der Waals surface area contributed by atoms with Gasteiger partial charge in [0.25, 0.3) is 0 Å². The van der Waals surface area contributed by atoms with E-state index in [0.29, 0.717) is 11.5 Å². The van der Waals surface area contributed by atoms with E-state index in [1.807, 2.05) is 18.2 Å². The Morgan fingerprint density at radius 1 is 1.47 bits per heavy atom. The van der Waals surface area contributed by atoms with E-state index in [9.17, 15) is 9.59 Å². The second-order valence-corrected chi connectivity index (χ2v) is 4.38. The van der Waals surface area contributed by atoms with E-state index in [-0.39, 0.29) is 12.2 Å². The summed E-state index contributed by atoms with van der Waals surface area (Å²) in [4.78, 5) is 21.8. The van der Waals surface area contributed by atoms with Crippen LogP contribution in [0.2, 0.25) is 0 Å². The van der Waals surface area contributed by atoms with Crippen molar-refractivity contribution in [1.29, 1.82) is 0 Å². The van der Waals surface area contributed by atoms with Crippen LogP contribution in [0.15, 0.2) is 23.8 Å². The maximum absolute atomic E-state index is 11.6. The summed E-state index contributed by atoms with van der Waals surface area (Å²) in [5.41, 5.74) is 0.861. The third-order valence-corrected chi connectivity index (χ3v) is 3.02. The van der Waals surface area contributed by atoms with Gasteiger partial charge in [0.1, 0.15) is 0 Å². The van der Waals surface area contributed by atoms with Crippen molar-refractivity contribution in [3.05, 3.63) is 23.8 Å². The molecule has 0 saturated heterocycles. The van der Waals surface area contributed by atoms with Crippen LogP contribution in [-0.2, 0) is 9.59 Å². The normalized spacial score (nSPS) is 14.8. The van der Waals surface area contributed by atoms with Crippen molar-refractivity contribution in [1.82, 2.24) is 0 Å². The third-order valence-electron chi connectivity index (χ3n) is 2.07. The second-order valence-electron chi connectivity index (χ2n) is 3.28. The van der Waals surface area contributed by atoms with Crippen LogP contribution in [0.25, 0.3) is 0 Å². The molecule has 0 atom stereocenters. The standard InChI is InChI=1S/C11H14O3S/c12-10(8-15-7-6-11(13)14)9-4-2-1-3-5-9/h1-2,4H,3,5-8H2,(H,13,14). The first-order chi connectivity index (χ1) is 7.20. The Morgan fingerprint density at radius 3 is 2.87 bits per heavy atom. The number of ketones is 1. The van der Waals surface area contributed by atoms with Crippen LogP contribution < -0.4 is 0 Å². The van der Waals surface area contributed by atoms with Gasteiger partial charge in [-0.25, -0.2) is 0 Å². The number of rotatable bonds is 6. The number of carboxylic acid groups (broad SMARTS) is 1. The molecule has 0 fully saturated rings. The molecule has 15 heavy (non-hydrogen) atoms. The van der Waals surface area contributed by atoms with Gasteiger partial charge in [-0.05, 0) is 18.4 Å². The number of thioether (sulfide) groups is 1. The Morgan fingerprint density at radius 2 is 2.27 bits per heavy atom. The molecule has 0 aliphatic heterocycles. The summed E-state index contributed by atoms with van der Waals surface area (Å²) in [6, 6.07) is 0. The average Bonchev–Trinajstić information content (AvgIpc) is 2.25. The van der Waals surface area contributed by atoms with Crippen LogP contribution in [0.1, 0.15) is 19.3 Å². The molecule has 1 aliphatic rings. The summed E-state index contributed by atoms with van der Waals surface area (Å²) in [5.74, 6) is 0.224. The number of carbonyl (C=O) groups excluding carboxylic acids is 1. The first kappa shape index (κ1) is 12.0. The van der Waals surface area contributed by atoms with Gasteiger partial charge in [0.05, 0.1) is 12.2 Å². The summed E-state index contributed by atoms with van der Waals surface area (Å²) in [5, 5.41) is 8.41. The molecule has 0 amide bonds. The highest BCUT2D eigenvalue weighted by Crippen LogP contribution is 2.15. The van der Waals surface area contributed by atoms with Crippen molar-refractivity contribution in [2.75, 3.05) is 11.5 Å². The van der Waals surface area contributed by atoms with Gasteiger partial charge < -0.3 is 5.11 Å². The minimum atomic E-state index is -0.810. The van der Waals surface area contributed by atoms with E-state index in [1.54, 1.807) is 0 Å². The Bertz CT molecular complexity index is 305. The molecule has 1 N–H and O–H groups in total. The van der Waals surface area contributed by atoms with E-state index in [1.165, 1.54) is 11.8 Å². The number of carboxylic acids is 1. The predicted molar refractivity (Wildman–Crippen MR) is 61.0 cm³/mol. The number of hydrogen-bond acceptors (Lipinski definition) is 3. The first-order valence-corrected chi connectivity index (χ1v) is 6.04. The zero-order valence-electron chi connectivity index (χ0n) is 8.44. The summed E-state index contributed by atoms with van der Waals surface area (Å²) in [6.45, 7) is 0. The number of hydrogen-bond donors (Lipinski definition) is 1. The van der Waals surface area contributed by atoms with Crippen molar-refractivity contribution in [2.24, 2.45) is 0 Å². The highest BCUT2D eigenvalue weighted by Gasteiger charge is 2.10. The van der Waals surface area contributed by atoms with Gasteiger partial charge in [-0.1, -0.05) is 18.2 Å². The van der Waals surface area contributed by atoms with Crippen LogP contribution >= 0.6 is 11.8 Å². The quantitative estimate of drug-likeness (QED) is 0.704. The Kier molecular flexibility index (Phi) is 5.18. The SMILES string of the molecule is O=C(O)CCSCC(=O)C1=CC=CCC1. The fourth-order valence-electron chi connectivity index (χ4n) is 1.25. The average molecular weight is 226 g/mol.